The number of rotatable bonds is 12. The molecular formula is C23H39N3O4. The smallest absolute Gasteiger partial charge is 0.415 e. The number of nitrogens with two attached hydrogens (primary N) is 1. The second-order valence-corrected chi connectivity index (χ2v) is 7.26. The Morgan fingerprint density at radius 2 is 1.97 bits per heavy atom. The van der Waals surface area contributed by atoms with E-state index in [0.717, 1.165) is 24.8 Å². The van der Waals surface area contributed by atoms with Crippen LogP contribution in [0, 0.1) is 5.92 Å². The van der Waals surface area contributed by atoms with Gasteiger partial charge in [0.15, 0.2) is 11.5 Å². The Kier molecular flexibility index (Phi) is 14.0. The molecule has 0 unspecified atom stereocenters. The van der Waals surface area contributed by atoms with E-state index >= 15 is 0 Å². The number of carbonyl (C=O) groups is 2. The van der Waals surface area contributed by atoms with Gasteiger partial charge in [0, 0.05) is 33.1 Å². The van der Waals surface area contributed by atoms with E-state index < -0.39 is 6.09 Å². The molecule has 0 radical (unpaired) electrons. The first-order valence-electron chi connectivity index (χ1n) is 10.1. The summed E-state index contributed by atoms with van der Waals surface area (Å²) < 4.78 is 10.7. The molecule has 7 nitrogen and oxygen atoms in total. The molecule has 0 fully saturated rings. The lowest BCUT2D eigenvalue weighted by atomic mass is 10.1. The van der Waals surface area contributed by atoms with Crippen LogP contribution in [0.3, 0.4) is 0 Å². The number of nitrogens with zero attached hydrogens (tertiary/aromatic N) is 1. The van der Waals surface area contributed by atoms with E-state index in [0.29, 0.717) is 43.5 Å². The third kappa shape index (κ3) is 10.9. The van der Waals surface area contributed by atoms with E-state index in [9.17, 15) is 9.59 Å². The van der Waals surface area contributed by atoms with Crippen LogP contribution >= 0.6 is 0 Å². The second-order valence-electron chi connectivity index (χ2n) is 7.26. The van der Waals surface area contributed by atoms with Crippen molar-refractivity contribution in [2.75, 3.05) is 27.2 Å². The predicted molar refractivity (Wildman–Crippen MR) is 122 cm³/mol. The lowest BCUT2D eigenvalue weighted by molar-refractivity contribution is -0.121. The van der Waals surface area contributed by atoms with Crippen molar-refractivity contribution in [2.45, 2.75) is 53.5 Å². The average Bonchev–Trinajstić information content (AvgIpc) is 2.69. The average molecular weight is 422 g/mol. The molecule has 0 aliphatic heterocycles. The molecule has 170 valence electrons. The quantitative estimate of drug-likeness (QED) is 0.391. The number of ether oxygens (including phenoxy) is 2. The molecule has 0 saturated heterocycles. The standard InChI is InChI=1S/C22H35N3O4.CH4/c1-17(2)9-7-5-6-8-10-21(26)24-16-18-11-12-19(20(15-18)28-4)29-22(27)25(3)14-13-23;/h7,9,11-12,15,17H,5-6,8,10,13-14,16,23H2,1-4H3,(H,24,26);1H4/b9-7+;. The number of hydrogen-bond acceptors (Lipinski definition) is 5. The van der Waals surface area contributed by atoms with Gasteiger partial charge in [0.25, 0.3) is 0 Å². The number of carbonyl (C=O) groups excluding carboxylic acids is 2. The van der Waals surface area contributed by atoms with E-state index in [1.807, 2.05) is 0 Å². The van der Waals surface area contributed by atoms with Gasteiger partial charge < -0.3 is 25.4 Å². The van der Waals surface area contributed by atoms with Crippen molar-refractivity contribution < 1.29 is 19.1 Å². The third-order valence-corrected chi connectivity index (χ3v) is 4.24. The number of allylic oxidation sites excluding steroid dienone is 2. The van der Waals surface area contributed by atoms with Crippen LogP contribution in [0.4, 0.5) is 4.79 Å². The van der Waals surface area contributed by atoms with E-state index in [1.165, 1.54) is 12.0 Å². The molecule has 0 atom stereocenters. The van der Waals surface area contributed by atoms with Crippen LogP contribution in [0.25, 0.3) is 0 Å². The van der Waals surface area contributed by atoms with Crippen LogP contribution in [0.15, 0.2) is 30.4 Å². The van der Waals surface area contributed by atoms with Crippen LogP contribution in [0.1, 0.15) is 52.5 Å². The van der Waals surface area contributed by atoms with Crippen LogP contribution < -0.4 is 20.5 Å². The van der Waals surface area contributed by atoms with Crippen molar-refractivity contribution in [3.05, 3.63) is 35.9 Å². The van der Waals surface area contributed by atoms with Gasteiger partial charge in [-0.25, -0.2) is 4.79 Å². The molecule has 3 N–H and O–H groups in total. The first kappa shape index (κ1) is 27.5. The first-order valence-corrected chi connectivity index (χ1v) is 10.1. The summed E-state index contributed by atoms with van der Waals surface area (Å²) in [6, 6.07) is 5.21. The molecule has 0 saturated carbocycles. The summed E-state index contributed by atoms with van der Waals surface area (Å²) in [7, 11) is 3.12. The zero-order chi connectivity index (χ0) is 21.6. The lowest BCUT2D eigenvalue weighted by Gasteiger charge is -2.17. The molecule has 0 spiro atoms. The van der Waals surface area contributed by atoms with Crippen molar-refractivity contribution in [1.82, 2.24) is 10.2 Å². The summed E-state index contributed by atoms with van der Waals surface area (Å²) in [6.07, 6.45) is 7.24. The molecule has 2 amide bonds. The van der Waals surface area contributed by atoms with Crippen LogP contribution in [-0.4, -0.2) is 44.1 Å². The van der Waals surface area contributed by atoms with Gasteiger partial charge in [-0.2, -0.15) is 0 Å². The monoisotopic (exact) mass is 421 g/mol. The van der Waals surface area contributed by atoms with E-state index in [4.69, 9.17) is 15.2 Å². The van der Waals surface area contributed by atoms with Crippen molar-refractivity contribution in [1.29, 1.82) is 0 Å². The van der Waals surface area contributed by atoms with E-state index in [-0.39, 0.29) is 13.3 Å². The fourth-order valence-corrected chi connectivity index (χ4v) is 2.57. The van der Waals surface area contributed by atoms with Gasteiger partial charge in [-0.15, -0.1) is 0 Å². The van der Waals surface area contributed by atoms with Gasteiger partial charge in [-0.1, -0.05) is 39.5 Å². The molecule has 1 aromatic rings. The van der Waals surface area contributed by atoms with Crippen molar-refractivity contribution in [2.24, 2.45) is 11.7 Å². The van der Waals surface area contributed by atoms with E-state index in [2.05, 4.69) is 31.3 Å². The van der Waals surface area contributed by atoms with Gasteiger partial charge in [0.05, 0.1) is 7.11 Å². The normalized spacial score (nSPS) is 10.6. The zero-order valence-electron chi connectivity index (χ0n) is 18.1. The molecule has 30 heavy (non-hydrogen) atoms. The maximum atomic E-state index is 12.0. The Morgan fingerprint density at radius 3 is 2.60 bits per heavy atom. The van der Waals surface area contributed by atoms with Gasteiger partial charge in [-0.05, 0) is 42.9 Å². The molecule has 0 aromatic heterocycles. The van der Waals surface area contributed by atoms with E-state index in [1.54, 1.807) is 25.2 Å². The zero-order valence-corrected chi connectivity index (χ0v) is 18.1. The highest BCUT2D eigenvalue weighted by molar-refractivity contribution is 5.76. The fraction of sp³-hybridized carbons (Fsp3) is 0.565. The van der Waals surface area contributed by atoms with Crippen LogP contribution in [0.2, 0.25) is 0 Å². The molecule has 0 bridgehead atoms. The van der Waals surface area contributed by atoms with Crippen molar-refractivity contribution >= 4 is 12.0 Å². The number of nitrogens with one attached hydrogen (secondary N) is 1. The molecule has 1 rings (SSSR count). The largest absolute Gasteiger partial charge is 0.493 e. The van der Waals surface area contributed by atoms with Crippen LogP contribution in [0.5, 0.6) is 11.5 Å². The molecule has 0 aliphatic carbocycles. The highest BCUT2D eigenvalue weighted by Crippen LogP contribution is 2.28. The highest BCUT2D eigenvalue weighted by Gasteiger charge is 2.14. The maximum Gasteiger partial charge on any atom is 0.415 e. The topological polar surface area (TPSA) is 93.9 Å². The van der Waals surface area contributed by atoms with Gasteiger partial charge in [0.2, 0.25) is 5.91 Å². The van der Waals surface area contributed by atoms with Gasteiger partial charge in [-0.3, -0.25) is 4.79 Å². The molecular weight excluding hydrogens is 382 g/mol. The number of methoxy groups -OCH3 is 1. The number of amides is 2. The van der Waals surface area contributed by atoms with Crippen LogP contribution in [-0.2, 0) is 11.3 Å². The number of benzene rings is 1. The molecule has 0 heterocycles. The SMILES string of the molecule is C.COc1cc(CNC(=O)CCCC/C=C/C(C)C)ccc1OC(=O)N(C)CCN. The third-order valence-electron chi connectivity index (χ3n) is 4.24. The fourth-order valence-electron chi connectivity index (χ4n) is 2.57. The summed E-state index contributed by atoms with van der Waals surface area (Å²) in [5.41, 5.74) is 6.31. The maximum absolute atomic E-state index is 12.0. The number of likely N-dealkylation sites (N-methyl/N-ethyl adjacent to an activating group) is 1. The highest BCUT2D eigenvalue weighted by atomic mass is 16.6. The Morgan fingerprint density at radius 1 is 1.23 bits per heavy atom. The predicted octanol–water partition coefficient (Wildman–Crippen LogP) is 4.11. The summed E-state index contributed by atoms with van der Waals surface area (Å²) in [5.74, 6) is 1.35. The van der Waals surface area contributed by atoms with Gasteiger partial charge in [0.1, 0.15) is 0 Å². The van der Waals surface area contributed by atoms with Crippen molar-refractivity contribution in [3.8, 4) is 11.5 Å². The first-order chi connectivity index (χ1) is 13.9. The summed E-state index contributed by atoms with van der Waals surface area (Å²) >= 11 is 0. The minimum absolute atomic E-state index is 0. The summed E-state index contributed by atoms with van der Waals surface area (Å²) in [4.78, 5) is 25.4. The molecule has 1 aromatic carbocycles. The van der Waals surface area contributed by atoms with Gasteiger partial charge >= 0.3 is 6.09 Å². The Labute approximate surface area is 181 Å². The lowest BCUT2D eigenvalue weighted by Crippen LogP contribution is -2.34. The van der Waals surface area contributed by atoms with Crippen molar-refractivity contribution in [3.63, 3.8) is 0 Å². The Bertz CT molecular complexity index is 674. The number of unbranched alkanes of at least 4 members (excludes halogenated alkanes) is 2. The minimum Gasteiger partial charge on any atom is -0.493 e. The minimum atomic E-state index is -0.502. The Balaban J connectivity index is 0.00000841. The molecule has 7 heteroatoms. The summed E-state index contributed by atoms with van der Waals surface area (Å²) in [5, 5.41) is 2.91. The Hall–Kier alpha value is -2.54. The second kappa shape index (κ2) is 15.3. The number of hydrogen-bond donors (Lipinski definition) is 2. The summed E-state index contributed by atoms with van der Waals surface area (Å²) in [6.45, 7) is 5.45. The molecule has 0 aliphatic rings.